The van der Waals surface area contributed by atoms with Crippen molar-refractivity contribution in [3.8, 4) is 5.75 Å². The first-order chi connectivity index (χ1) is 11.1. The molecule has 0 fully saturated rings. The number of hydrogen-bond acceptors (Lipinski definition) is 3. The molecular weight excluding hydrogens is 290 g/mol. The van der Waals surface area contributed by atoms with E-state index in [2.05, 4.69) is 5.32 Å². The molecule has 2 N–H and O–H groups in total. The van der Waals surface area contributed by atoms with E-state index in [9.17, 15) is 9.90 Å². The minimum atomic E-state index is -0.911. The van der Waals surface area contributed by atoms with E-state index >= 15 is 0 Å². The summed E-state index contributed by atoms with van der Waals surface area (Å²) in [4.78, 5) is 12.2. The molecule has 0 aromatic heterocycles. The third-order valence-electron chi connectivity index (χ3n) is 4.17. The van der Waals surface area contributed by atoms with Crippen molar-refractivity contribution in [1.29, 1.82) is 0 Å². The van der Waals surface area contributed by atoms with Gasteiger partial charge in [-0.15, -0.1) is 0 Å². The number of amides is 1. The average Bonchev–Trinajstić information content (AvgIpc) is 2.90. The van der Waals surface area contributed by atoms with Crippen LogP contribution in [0.3, 0.4) is 0 Å². The van der Waals surface area contributed by atoms with Crippen LogP contribution >= 0.6 is 0 Å². The first-order valence-corrected chi connectivity index (χ1v) is 7.84. The van der Waals surface area contributed by atoms with Gasteiger partial charge in [0.05, 0.1) is 5.60 Å². The lowest BCUT2D eigenvalue weighted by Crippen LogP contribution is -2.47. The van der Waals surface area contributed by atoms with Crippen molar-refractivity contribution in [3.05, 3.63) is 65.7 Å². The highest BCUT2D eigenvalue weighted by molar-refractivity contribution is 5.80. The summed E-state index contributed by atoms with van der Waals surface area (Å²) in [5.41, 5.74) is 1.39. The van der Waals surface area contributed by atoms with Crippen LogP contribution in [-0.4, -0.2) is 29.3 Å². The number of fused-ring (bicyclic) bond motifs is 1. The van der Waals surface area contributed by atoms with Gasteiger partial charge in [-0.1, -0.05) is 42.5 Å². The summed E-state index contributed by atoms with van der Waals surface area (Å²) in [7, 11) is 0. The third-order valence-corrected chi connectivity index (χ3v) is 4.17. The van der Waals surface area contributed by atoms with Crippen molar-refractivity contribution in [2.45, 2.75) is 31.5 Å². The van der Waals surface area contributed by atoms with Gasteiger partial charge >= 0.3 is 0 Å². The molecule has 120 valence electrons. The molecule has 1 atom stereocenters. The zero-order valence-corrected chi connectivity index (χ0v) is 13.2. The van der Waals surface area contributed by atoms with E-state index in [0.717, 1.165) is 11.1 Å². The van der Waals surface area contributed by atoms with Gasteiger partial charge in [0.25, 0.3) is 5.91 Å². The van der Waals surface area contributed by atoms with Gasteiger partial charge in [-0.25, -0.2) is 0 Å². The number of carbonyl (C=O) groups excluding carboxylic acids is 1. The van der Waals surface area contributed by atoms with Gasteiger partial charge in [0.1, 0.15) is 5.75 Å². The second kappa shape index (κ2) is 6.42. The molecule has 0 saturated carbocycles. The minimum absolute atomic E-state index is 0.224. The topological polar surface area (TPSA) is 58.6 Å². The number of hydrogen-bond donors (Lipinski definition) is 2. The molecule has 1 amide bonds. The smallest absolute Gasteiger partial charge is 0.260 e. The predicted molar refractivity (Wildman–Crippen MR) is 88.3 cm³/mol. The third kappa shape index (κ3) is 3.71. The molecule has 4 heteroatoms. The molecule has 2 aromatic rings. The molecule has 1 aliphatic carbocycles. The van der Waals surface area contributed by atoms with Crippen molar-refractivity contribution in [2.75, 3.05) is 6.54 Å². The summed E-state index contributed by atoms with van der Waals surface area (Å²) < 4.78 is 5.59. The first kappa shape index (κ1) is 15.6. The lowest BCUT2D eigenvalue weighted by atomic mass is 10.0. The lowest BCUT2D eigenvalue weighted by molar-refractivity contribution is -0.128. The van der Waals surface area contributed by atoms with Gasteiger partial charge in [0.2, 0.25) is 0 Å². The van der Waals surface area contributed by atoms with Gasteiger partial charge in [0.15, 0.2) is 6.10 Å². The molecule has 1 aliphatic rings. The van der Waals surface area contributed by atoms with E-state index in [1.165, 1.54) is 0 Å². The van der Waals surface area contributed by atoms with Crippen LogP contribution in [0.25, 0.3) is 0 Å². The van der Waals surface area contributed by atoms with E-state index in [-0.39, 0.29) is 12.5 Å². The second-order valence-corrected chi connectivity index (χ2v) is 6.14. The van der Waals surface area contributed by atoms with Gasteiger partial charge in [-0.2, -0.15) is 0 Å². The van der Waals surface area contributed by atoms with E-state index in [4.69, 9.17) is 4.74 Å². The molecule has 2 aromatic carbocycles. The molecule has 0 spiro atoms. The fourth-order valence-corrected chi connectivity index (χ4v) is 2.95. The fourth-order valence-electron chi connectivity index (χ4n) is 2.95. The normalized spacial score (nSPS) is 16.4. The summed E-state index contributed by atoms with van der Waals surface area (Å²) in [6, 6.07) is 17.2. The fraction of sp³-hybridized carbons (Fsp3) is 0.316. The maximum absolute atomic E-state index is 12.2. The largest absolute Gasteiger partial charge is 0.481 e. The number of benzene rings is 2. The highest BCUT2D eigenvalue weighted by atomic mass is 16.5. The van der Waals surface area contributed by atoms with Gasteiger partial charge in [-0.05, 0) is 30.2 Å². The van der Waals surface area contributed by atoms with E-state index in [1.807, 2.05) is 54.6 Å². The monoisotopic (exact) mass is 311 g/mol. The summed E-state index contributed by atoms with van der Waals surface area (Å²) in [6.07, 6.45) is 0.527. The highest BCUT2D eigenvalue weighted by Gasteiger charge is 2.35. The molecule has 0 bridgehead atoms. The molecule has 4 nitrogen and oxygen atoms in total. The SMILES string of the molecule is CC(Oc1ccccc1)C(=O)NCC1(O)Cc2ccccc2C1. The van der Waals surface area contributed by atoms with Crippen molar-refractivity contribution < 1.29 is 14.6 Å². The maximum Gasteiger partial charge on any atom is 0.260 e. The van der Waals surface area contributed by atoms with Crippen LogP contribution in [0.4, 0.5) is 0 Å². The highest BCUT2D eigenvalue weighted by Crippen LogP contribution is 2.29. The zero-order chi connectivity index (χ0) is 16.3. The molecule has 0 radical (unpaired) electrons. The lowest BCUT2D eigenvalue weighted by Gasteiger charge is -2.24. The van der Waals surface area contributed by atoms with Crippen LogP contribution in [0, 0.1) is 0 Å². The molecule has 0 aliphatic heterocycles. The van der Waals surface area contributed by atoms with Crippen molar-refractivity contribution >= 4 is 5.91 Å². The number of para-hydroxylation sites is 1. The van der Waals surface area contributed by atoms with Crippen LogP contribution in [-0.2, 0) is 17.6 Å². The standard InChI is InChI=1S/C19H21NO3/c1-14(23-17-9-3-2-4-10-17)18(21)20-13-19(22)11-15-7-5-6-8-16(15)12-19/h2-10,14,22H,11-13H2,1H3,(H,20,21). The Morgan fingerprint density at radius 1 is 1.13 bits per heavy atom. The Morgan fingerprint density at radius 2 is 1.70 bits per heavy atom. The molecular formula is C19H21NO3. The Morgan fingerprint density at radius 3 is 2.30 bits per heavy atom. The van der Waals surface area contributed by atoms with Crippen LogP contribution < -0.4 is 10.1 Å². The summed E-state index contributed by atoms with van der Waals surface area (Å²) in [6.45, 7) is 1.93. The molecule has 0 heterocycles. The van der Waals surface area contributed by atoms with Crippen LogP contribution in [0.1, 0.15) is 18.1 Å². The summed E-state index contributed by atoms with van der Waals surface area (Å²) in [5.74, 6) is 0.431. The molecule has 0 saturated heterocycles. The van der Waals surface area contributed by atoms with Crippen molar-refractivity contribution in [2.24, 2.45) is 0 Å². The summed E-state index contributed by atoms with van der Waals surface area (Å²) in [5, 5.41) is 13.5. The average molecular weight is 311 g/mol. The van der Waals surface area contributed by atoms with Crippen molar-refractivity contribution in [1.82, 2.24) is 5.32 Å². The Bertz CT molecular complexity index is 659. The minimum Gasteiger partial charge on any atom is -0.481 e. The van der Waals surface area contributed by atoms with Crippen LogP contribution in [0.2, 0.25) is 0 Å². The number of rotatable bonds is 5. The Kier molecular flexibility index (Phi) is 4.35. The maximum atomic E-state index is 12.2. The number of aliphatic hydroxyl groups is 1. The van der Waals surface area contributed by atoms with E-state index in [1.54, 1.807) is 6.92 Å². The Balaban J connectivity index is 1.53. The van der Waals surface area contributed by atoms with Crippen molar-refractivity contribution in [3.63, 3.8) is 0 Å². The van der Waals surface area contributed by atoms with E-state index in [0.29, 0.717) is 18.6 Å². The predicted octanol–water partition coefficient (Wildman–Crippen LogP) is 2.10. The van der Waals surface area contributed by atoms with Gasteiger partial charge in [0, 0.05) is 19.4 Å². The zero-order valence-electron chi connectivity index (χ0n) is 13.2. The molecule has 3 rings (SSSR count). The number of ether oxygens (including phenoxy) is 1. The number of carbonyl (C=O) groups is 1. The number of nitrogens with one attached hydrogen (secondary N) is 1. The van der Waals surface area contributed by atoms with E-state index < -0.39 is 11.7 Å². The Labute approximate surface area is 136 Å². The quantitative estimate of drug-likeness (QED) is 0.889. The van der Waals surface area contributed by atoms with Gasteiger partial charge < -0.3 is 15.2 Å². The first-order valence-electron chi connectivity index (χ1n) is 7.84. The molecule has 1 unspecified atom stereocenters. The summed E-state index contributed by atoms with van der Waals surface area (Å²) >= 11 is 0. The second-order valence-electron chi connectivity index (χ2n) is 6.14. The molecule has 23 heavy (non-hydrogen) atoms. The van der Waals surface area contributed by atoms with Gasteiger partial charge in [-0.3, -0.25) is 4.79 Å². The van der Waals surface area contributed by atoms with Crippen LogP contribution in [0.5, 0.6) is 5.75 Å². The van der Waals surface area contributed by atoms with Crippen LogP contribution in [0.15, 0.2) is 54.6 Å². The Hall–Kier alpha value is -2.33.